The molecule has 0 saturated carbocycles. The molecule has 3 aromatic rings. The Kier molecular flexibility index (Phi) is 9.03. The fraction of sp³-hybridized carbons (Fsp3) is 0.500. The smallest absolute Gasteiger partial charge is 0.422 e. The first-order chi connectivity index (χ1) is 21.6. The predicted molar refractivity (Wildman–Crippen MR) is 155 cm³/mol. The number of nitrogens with one attached hydrogen (secondary N) is 1. The topological polar surface area (TPSA) is 105 Å². The van der Waals surface area contributed by atoms with E-state index in [1.807, 2.05) is 0 Å². The molecule has 2 atom stereocenters. The molecule has 1 aromatic carbocycles. The summed E-state index contributed by atoms with van der Waals surface area (Å²) in [5.74, 6) is 0.463. The van der Waals surface area contributed by atoms with Crippen molar-refractivity contribution in [1.29, 1.82) is 0 Å². The standard InChI is InChI=1S/C30H33F6N7O3/c1-18(25(44)41-10-12-42(13-11-41)27-37-14-20(15-38-27)29(31,32)33)39-17-28(2)9-8-22-23(30(34,35)36)26(45)43(40-24(22)28)16-19-4-6-21(46-3)7-5-19/h4-7,14-15,18,39H,8-13,16-17H2,1-3H3/t18-,28?/m0/s1. The van der Waals surface area contributed by atoms with Crippen molar-refractivity contribution in [3.8, 4) is 5.75 Å². The first kappa shape index (κ1) is 33.2. The van der Waals surface area contributed by atoms with Gasteiger partial charge in [-0.2, -0.15) is 31.4 Å². The second-order valence-corrected chi connectivity index (χ2v) is 11.8. The predicted octanol–water partition coefficient (Wildman–Crippen LogP) is 3.66. The largest absolute Gasteiger partial charge is 0.497 e. The van der Waals surface area contributed by atoms with Crippen molar-refractivity contribution < 1.29 is 35.9 Å². The lowest BCUT2D eigenvalue weighted by molar-refractivity contribution is -0.140. The van der Waals surface area contributed by atoms with Gasteiger partial charge in [0.15, 0.2) is 0 Å². The fourth-order valence-electron chi connectivity index (χ4n) is 5.82. The van der Waals surface area contributed by atoms with E-state index in [1.54, 1.807) is 47.9 Å². The monoisotopic (exact) mass is 653 g/mol. The summed E-state index contributed by atoms with van der Waals surface area (Å²) in [7, 11) is 1.49. The van der Waals surface area contributed by atoms with Crippen LogP contribution in [-0.2, 0) is 35.5 Å². The average molecular weight is 654 g/mol. The zero-order valence-corrected chi connectivity index (χ0v) is 25.4. The Morgan fingerprint density at radius 2 is 1.65 bits per heavy atom. The Bertz CT molecular complexity index is 1620. The van der Waals surface area contributed by atoms with E-state index in [-0.39, 0.29) is 55.7 Å². The van der Waals surface area contributed by atoms with Crippen LogP contribution in [0.1, 0.15) is 48.2 Å². The number of benzene rings is 1. The number of fused-ring (bicyclic) bond motifs is 1. The third-order valence-electron chi connectivity index (χ3n) is 8.54. The molecule has 0 bridgehead atoms. The number of ether oxygens (including phenoxy) is 1. The van der Waals surface area contributed by atoms with Gasteiger partial charge in [-0.05, 0) is 43.0 Å². The van der Waals surface area contributed by atoms with Crippen LogP contribution in [-0.4, -0.2) is 76.4 Å². The highest BCUT2D eigenvalue weighted by Gasteiger charge is 2.46. The number of nitrogens with zero attached hydrogens (tertiary/aromatic N) is 6. The van der Waals surface area contributed by atoms with Gasteiger partial charge in [0.05, 0.1) is 31.0 Å². The summed E-state index contributed by atoms with van der Waals surface area (Å²) < 4.78 is 87.1. The van der Waals surface area contributed by atoms with Crippen molar-refractivity contribution in [2.75, 3.05) is 44.7 Å². The lowest BCUT2D eigenvalue weighted by Gasteiger charge is -2.36. The Morgan fingerprint density at radius 1 is 1.02 bits per heavy atom. The molecule has 1 unspecified atom stereocenters. The van der Waals surface area contributed by atoms with Crippen LogP contribution in [0.3, 0.4) is 0 Å². The van der Waals surface area contributed by atoms with E-state index in [1.165, 1.54) is 7.11 Å². The number of anilines is 1. The molecule has 1 fully saturated rings. The van der Waals surface area contributed by atoms with Gasteiger partial charge in [-0.3, -0.25) is 9.59 Å². The molecule has 0 spiro atoms. The number of alkyl halides is 6. The number of aromatic nitrogens is 4. The highest BCUT2D eigenvalue weighted by atomic mass is 19.4. The van der Waals surface area contributed by atoms with Gasteiger partial charge in [0, 0.05) is 50.5 Å². The van der Waals surface area contributed by atoms with Crippen molar-refractivity contribution in [2.24, 2.45) is 0 Å². The Balaban J connectivity index is 1.26. The summed E-state index contributed by atoms with van der Waals surface area (Å²) in [6.07, 6.45) is -7.66. The number of rotatable bonds is 8. The fourth-order valence-corrected chi connectivity index (χ4v) is 5.82. The number of carbonyl (C=O) groups excluding carboxylic acids is 1. The summed E-state index contributed by atoms with van der Waals surface area (Å²) in [5.41, 5.74) is -3.63. The Labute approximate surface area is 260 Å². The molecule has 248 valence electrons. The van der Waals surface area contributed by atoms with Crippen LogP contribution in [0.2, 0.25) is 0 Å². The van der Waals surface area contributed by atoms with E-state index in [2.05, 4.69) is 20.4 Å². The number of hydrogen-bond donors (Lipinski definition) is 1. The molecule has 3 heterocycles. The maximum atomic E-state index is 14.2. The lowest BCUT2D eigenvalue weighted by Crippen LogP contribution is -2.54. The minimum Gasteiger partial charge on any atom is -0.497 e. The van der Waals surface area contributed by atoms with Gasteiger partial charge in [0.2, 0.25) is 11.9 Å². The molecule has 5 rings (SSSR count). The molecule has 1 N–H and O–H groups in total. The minimum atomic E-state index is -4.87. The molecule has 16 heteroatoms. The van der Waals surface area contributed by atoms with Gasteiger partial charge in [-0.15, -0.1) is 0 Å². The van der Waals surface area contributed by atoms with Crippen LogP contribution < -0.4 is 20.5 Å². The number of methoxy groups -OCH3 is 1. The van der Waals surface area contributed by atoms with E-state index in [0.717, 1.165) is 17.1 Å². The number of carbonyl (C=O) groups is 1. The van der Waals surface area contributed by atoms with Crippen LogP contribution in [0, 0.1) is 0 Å². The highest BCUT2D eigenvalue weighted by Crippen LogP contribution is 2.42. The average Bonchev–Trinajstić information content (AvgIpc) is 3.34. The highest BCUT2D eigenvalue weighted by molar-refractivity contribution is 5.81. The zero-order chi connectivity index (χ0) is 33.4. The van der Waals surface area contributed by atoms with Crippen molar-refractivity contribution >= 4 is 11.9 Å². The molecule has 1 aliphatic carbocycles. The van der Waals surface area contributed by atoms with Gasteiger partial charge in [-0.1, -0.05) is 19.1 Å². The zero-order valence-electron chi connectivity index (χ0n) is 25.4. The van der Waals surface area contributed by atoms with E-state index >= 15 is 0 Å². The van der Waals surface area contributed by atoms with Gasteiger partial charge < -0.3 is 19.9 Å². The summed E-state index contributed by atoms with van der Waals surface area (Å²) in [6, 6.07) is 5.90. The van der Waals surface area contributed by atoms with E-state index < -0.39 is 40.5 Å². The maximum Gasteiger partial charge on any atom is 0.422 e. The molecule has 0 radical (unpaired) electrons. The molecular weight excluding hydrogens is 620 g/mol. The molecule has 1 amide bonds. The summed E-state index contributed by atoms with van der Waals surface area (Å²) in [6.45, 7) is 4.58. The lowest BCUT2D eigenvalue weighted by atomic mass is 9.87. The second kappa shape index (κ2) is 12.5. The Hall–Kier alpha value is -4.21. The van der Waals surface area contributed by atoms with Crippen LogP contribution in [0.5, 0.6) is 5.75 Å². The minimum absolute atomic E-state index is 0.0181. The van der Waals surface area contributed by atoms with Gasteiger partial charge >= 0.3 is 12.4 Å². The SMILES string of the molecule is COc1ccc(Cn2nc3c(c(C(F)(F)F)c2=O)CCC3(C)CN[C@@H](C)C(=O)N2CCN(c3ncc(C(F)(F)F)cn3)CC2)cc1. The van der Waals surface area contributed by atoms with E-state index in [4.69, 9.17) is 4.74 Å². The van der Waals surface area contributed by atoms with E-state index in [9.17, 15) is 35.9 Å². The normalized spacial score (nSPS) is 19.2. The summed E-state index contributed by atoms with van der Waals surface area (Å²) in [4.78, 5) is 37.2. The van der Waals surface area contributed by atoms with Crippen LogP contribution in [0.4, 0.5) is 32.3 Å². The van der Waals surface area contributed by atoms with Crippen molar-refractivity contribution in [3.05, 3.63) is 75.0 Å². The molecular formula is C30H33F6N7O3. The molecule has 10 nitrogen and oxygen atoms in total. The van der Waals surface area contributed by atoms with Crippen molar-refractivity contribution in [2.45, 2.75) is 57.0 Å². The first-order valence-corrected chi connectivity index (χ1v) is 14.6. The van der Waals surface area contributed by atoms with Crippen LogP contribution in [0.25, 0.3) is 0 Å². The molecule has 1 aliphatic heterocycles. The van der Waals surface area contributed by atoms with E-state index in [0.29, 0.717) is 30.8 Å². The first-order valence-electron chi connectivity index (χ1n) is 14.6. The number of amides is 1. The molecule has 2 aliphatic rings. The molecule has 46 heavy (non-hydrogen) atoms. The van der Waals surface area contributed by atoms with Gasteiger partial charge in [0.25, 0.3) is 5.56 Å². The van der Waals surface area contributed by atoms with Crippen LogP contribution in [0.15, 0.2) is 41.5 Å². The molecule has 2 aromatic heterocycles. The third-order valence-corrected chi connectivity index (χ3v) is 8.54. The molecule has 1 saturated heterocycles. The second-order valence-electron chi connectivity index (χ2n) is 11.8. The van der Waals surface area contributed by atoms with Gasteiger partial charge in [0.1, 0.15) is 11.3 Å². The third kappa shape index (κ3) is 6.81. The van der Waals surface area contributed by atoms with Gasteiger partial charge in [-0.25, -0.2) is 14.6 Å². The number of piperazine rings is 1. The Morgan fingerprint density at radius 3 is 2.22 bits per heavy atom. The van der Waals surface area contributed by atoms with Crippen molar-refractivity contribution in [1.82, 2.24) is 30.0 Å². The van der Waals surface area contributed by atoms with Crippen molar-refractivity contribution in [3.63, 3.8) is 0 Å². The number of halogens is 6. The summed E-state index contributed by atoms with van der Waals surface area (Å²) in [5, 5.41) is 7.61. The maximum absolute atomic E-state index is 14.2. The number of hydrogen-bond acceptors (Lipinski definition) is 8. The van der Waals surface area contributed by atoms with Crippen LogP contribution >= 0.6 is 0 Å². The quantitative estimate of drug-likeness (QED) is 0.368. The summed E-state index contributed by atoms with van der Waals surface area (Å²) >= 11 is 0.